The summed E-state index contributed by atoms with van der Waals surface area (Å²) in [5.74, 6) is -1.32. The molecule has 1 fully saturated rings. The molecule has 0 radical (unpaired) electrons. The van der Waals surface area contributed by atoms with Crippen molar-refractivity contribution in [1.82, 2.24) is 4.98 Å². The van der Waals surface area contributed by atoms with E-state index >= 15 is 0 Å². The second kappa shape index (κ2) is 10.2. The molecule has 5 unspecified atom stereocenters. The number of nitrogens with zero attached hydrogens (tertiary/aromatic N) is 1. The number of para-hydroxylation sites is 1. The number of halogens is 1. The highest BCUT2D eigenvalue weighted by Crippen LogP contribution is 2.62. The van der Waals surface area contributed by atoms with E-state index in [2.05, 4.69) is 17.6 Å². The highest BCUT2D eigenvalue weighted by molar-refractivity contribution is 7.15. The third-order valence-corrected chi connectivity index (χ3v) is 9.68. The lowest BCUT2D eigenvalue weighted by molar-refractivity contribution is -0.143. The molecule has 3 aromatic rings. The molecule has 0 bridgehead atoms. The van der Waals surface area contributed by atoms with Gasteiger partial charge in [-0.25, -0.2) is 9.37 Å². The van der Waals surface area contributed by atoms with Crippen LogP contribution in [0, 0.1) is 22.6 Å². The van der Waals surface area contributed by atoms with Gasteiger partial charge in [-0.05, 0) is 67.0 Å². The molecule has 0 aliphatic heterocycles. The van der Waals surface area contributed by atoms with Gasteiger partial charge in [0, 0.05) is 33.9 Å². The first-order chi connectivity index (χ1) is 18.1. The maximum Gasteiger partial charge on any atom is 0.257 e. The molecule has 1 saturated carbocycles. The zero-order valence-corrected chi connectivity index (χ0v) is 22.2. The van der Waals surface area contributed by atoms with Gasteiger partial charge in [-0.15, -0.1) is 11.3 Å². The Kier molecular flexibility index (Phi) is 7.11. The summed E-state index contributed by atoms with van der Waals surface area (Å²) in [6.07, 6.45) is 1.32. The maximum atomic E-state index is 13.3. The van der Waals surface area contributed by atoms with E-state index in [4.69, 9.17) is 4.98 Å². The van der Waals surface area contributed by atoms with Crippen molar-refractivity contribution in [2.75, 3.05) is 17.2 Å². The van der Waals surface area contributed by atoms with E-state index < -0.39 is 28.7 Å². The van der Waals surface area contributed by atoms with E-state index in [9.17, 15) is 24.2 Å². The van der Waals surface area contributed by atoms with E-state index in [0.717, 1.165) is 10.6 Å². The van der Waals surface area contributed by atoms with Crippen molar-refractivity contribution in [2.24, 2.45) is 16.7 Å². The molecular weight excluding hydrogens is 505 g/mol. The number of anilines is 2. The lowest BCUT2D eigenvalue weighted by atomic mass is 9.47. The Morgan fingerprint density at radius 2 is 1.82 bits per heavy atom. The van der Waals surface area contributed by atoms with Gasteiger partial charge < -0.3 is 15.5 Å². The summed E-state index contributed by atoms with van der Waals surface area (Å²) in [6, 6.07) is 14.6. The van der Waals surface area contributed by atoms with Gasteiger partial charge in [-0.2, -0.15) is 0 Å². The van der Waals surface area contributed by atoms with Gasteiger partial charge in [0.25, 0.3) is 5.91 Å². The van der Waals surface area contributed by atoms with E-state index in [1.54, 1.807) is 0 Å². The maximum absolute atomic E-state index is 13.3. The third-order valence-electron chi connectivity index (χ3n) is 8.67. The first-order valence-corrected chi connectivity index (χ1v) is 13.7. The van der Waals surface area contributed by atoms with E-state index in [1.165, 1.54) is 35.6 Å². The summed E-state index contributed by atoms with van der Waals surface area (Å²) in [6.45, 7) is 3.89. The number of amides is 2. The predicted molar refractivity (Wildman–Crippen MR) is 145 cm³/mol. The number of rotatable bonds is 6. The average molecular weight is 538 g/mol. The third kappa shape index (κ3) is 4.74. The number of hydrogen-bond acceptors (Lipinski definition) is 6. The Labute approximate surface area is 225 Å². The zero-order chi connectivity index (χ0) is 27.1. The number of aliphatic hydroxyl groups is 2. The van der Waals surface area contributed by atoms with Crippen molar-refractivity contribution in [3.63, 3.8) is 0 Å². The quantitative estimate of drug-likeness (QED) is 0.355. The van der Waals surface area contributed by atoms with Crippen LogP contribution in [-0.4, -0.2) is 39.7 Å². The normalized spacial score (nSPS) is 28.2. The van der Waals surface area contributed by atoms with Crippen molar-refractivity contribution in [2.45, 2.75) is 51.6 Å². The smallest absolute Gasteiger partial charge is 0.257 e. The highest BCUT2D eigenvalue weighted by atomic mass is 32.1. The fourth-order valence-corrected chi connectivity index (χ4v) is 7.45. The second-order valence-corrected chi connectivity index (χ2v) is 12.0. The van der Waals surface area contributed by atoms with Crippen LogP contribution in [0.15, 0.2) is 54.6 Å². The topological polar surface area (TPSA) is 112 Å². The zero-order valence-electron chi connectivity index (χ0n) is 21.4. The molecule has 5 rings (SSSR count). The second-order valence-electron chi connectivity index (χ2n) is 10.9. The van der Waals surface area contributed by atoms with Crippen LogP contribution in [-0.2, 0) is 11.2 Å². The standard InChI is InChI=1S/C29H32FN3O4S/c1-28-13-12-23(35)29(2,16-34)22(28)15-21-25(20(28)14-24(36)31-19-6-4-3-5-7-19)32-27(38-21)33-26(37)17-8-10-18(30)11-9-17/h3-11,20,22-23,34-35H,12-16H2,1-2H3,(H,31,36)(H,32,33,37). The van der Waals surface area contributed by atoms with Crippen LogP contribution < -0.4 is 10.6 Å². The van der Waals surface area contributed by atoms with E-state index in [0.29, 0.717) is 35.6 Å². The lowest BCUT2D eigenvalue weighted by Crippen LogP contribution is -2.57. The first-order valence-electron chi connectivity index (χ1n) is 12.8. The molecule has 38 heavy (non-hydrogen) atoms. The molecule has 5 atom stereocenters. The minimum absolute atomic E-state index is 0.0909. The summed E-state index contributed by atoms with van der Waals surface area (Å²) in [4.78, 5) is 31.8. The number of aliphatic hydroxyl groups excluding tert-OH is 2. The minimum atomic E-state index is -0.736. The van der Waals surface area contributed by atoms with Gasteiger partial charge in [-0.1, -0.05) is 32.0 Å². The van der Waals surface area contributed by atoms with Crippen LogP contribution in [0.2, 0.25) is 0 Å². The van der Waals surface area contributed by atoms with Crippen molar-refractivity contribution in [1.29, 1.82) is 0 Å². The molecule has 2 aromatic carbocycles. The van der Waals surface area contributed by atoms with Crippen molar-refractivity contribution >= 4 is 34.0 Å². The Balaban J connectivity index is 1.49. The summed E-state index contributed by atoms with van der Waals surface area (Å²) in [5.41, 5.74) is 0.669. The number of nitrogens with one attached hydrogen (secondary N) is 2. The molecule has 0 spiro atoms. The molecule has 0 saturated heterocycles. The van der Waals surface area contributed by atoms with Crippen LogP contribution in [0.4, 0.5) is 15.2 Å². The van der Waals surface area contributed by atoms with Gasteiger partial charge in [0.15, 0.2) is 5.13 Å². The summed E-state index contributed by atoms with van der Waals surface area (Å²) in [7, 11) is 0. The molecule has 1 heterocycles. The first kappa shape index (κ1) is 26.5. The summed E-state index contributed by atoms with van der Waals surface area (Å²) in [5, 5.41) is 27.6. The number of carbonyl (C=O) groups excluding carboxylic acids is 2. The van der Waals surface area contributed by atoms with Gasteiger partial charge in [0.2, 0.25) is 5.91 Å². The Hall–Kier alpha value is -3.14. The number of hydrogen-bond donors (Lipinski definition) is 4. The molecule has 7 nitrogen and oxygen atoms in total. The number of thiazole rings is 1. The van der Waals surface area contributed by atoms with Gasteiger partial charge in [0.1, 0.15) is 5.82 Å². The van der Waals surface area contributed by atoms with Crippen molar-refractivity contribution in [3.05, 3.63) is 76.5 Å². The van der Waals surface area contributed by atoms with Crippen LogP contribution >= 0.6 is 11.3 Å². The fraction of sp³-hybridized carbons (Fsp3) is 0.414. The molecule has 2 amide bonds. The number of benzene rings is 2. The van der Waals surface area contributed by atoms with Gasteiger partial charge in [0.05, 0.1) is 18.4 Å². The SMILES string of the molecule is CC1(CO)C(O)CCC2(C)C(CC(=O)Nc3ccccc3)c3nc(NC(=O)c4ccc(F)cc4)sc3CC12. The highest BCUT2D eigenvalue weighted by Gasteiger charge is 2.59. The van der Waals surface area contributed by atoms with Crippen LogP contribution in [0.1, 0.15) is 60.0 Å². The van der Waals surface area contributed by atoms with Gasteiger partial charge in [-0.3, -0.25) is 14.9 Å². The van der Waals surface area contributed by atoms with Crippen molar-refractivity contribution < 1.29 is 24.2 Å². The van der Waals surface area contributed by atoms with E-state index in [-0.39, 0.29) is 30.8 Å². The Bertz CT molecular complexity index is 1330. The molecule has 9 heteroatoms. The average Bonchev–Trinajstić information content (AvgIpc) is 3.30. The molecule has 2 aliphatic carbocycles. The van der Waals surface area contributed by atoms with Crippen LogP contribution in [0.3, 0.4) is 0 Å². The fourth-order valence-electron chi connectivity index (χ4n) is 6.39. The Morgan fingerprint density at radius 3 is 2.50 bits per heavy atom. The minimum Gasteiger partial charge on any atom is -0.396 e. The number of fused-ring (bicyclic) bond motifs is 2. The lowest BCUT2D eigenvalue weighted by Gasteiger charge is -2.58. The number of carbonyl (C=O) groups is 2. The molecule has 1 aromatic heterocycles. The molecule has 4 N–H and O–H groups in total. The molecule has 2 aliphatic rings. The monoisotopic (exact) mass is 537 g/mol. The predicted octanol–water partition coefficient (Wildman–Crippen LogP) is 4.98. The van der Waals surface area contributed by atoms with Crippen LogP contribution in [0.5, 0.6) is 0 Å². The van der Waals surface area contributed by atoms with E-state index in [1.807, 2.05) is 37.3 Å². The largest absolute Gasteiger partial charge is 0.396 e. The van der Waals surface area contributed by atoms with Crippen LogP contribution in [0.25, 0.3) is 0 Å². The summed E-state index contributed by atoms with van der Waals surface area (Å²) < 4.78 is 13.3. The molecule has 200 valence electrons. The molecular formula is C29H32FN3O4S. The number of aromatic nitrogens is 1. The Morgan fingerprint density at radius 1 is 1.11 bits per heavy atom. The summed E-state index contributed by atoms with van der Waals surface area (Å²) >= 11 is 1.35. The van der Waals surface area contributed by atoms with Crippen molar-refractivity contribution in [3.8, 4) is 0 Å². The van der Waals surface area contributed by atoms with Gasteiger partial charge >= 0.3 is 0 Å².